The minimum atomic E-state index is -0.176. The van der Waals surface area contributed by atoms with E-state index < -0.39 is 0 Å². The second kappa shape index (κ2) is 6.33. The van der Waals surface area contributed by atoms with Gasteiger partial charge in [-0.1, -0.05) is 36.1 Å². The fourth-order valence-corrected chi connectivity index (χ4v) is 4.28. The number of ether oxygens (including phenoxy) is 2. The molecular formula is C19H11N3O3S2. The van der Waals surface area contributed by atoms with Gasteiger partial charge >= 0.3 is 0 Å². The summed E-state index contributed by atoms with van der Waals surface area (Å²) < 4.78 is 11.2. The number of carbonyl (C=O) groups is 1. The van der Waals surface area contributed by atoms with E-state index in [1.807, 2.05) is 24.3 Å². The van der Waals surface area contributed by atoms with Crippen molar-refractivity contribution >= 4 is 57.0 Å². The average molecular weight is 393 g/mol. The first kappa shape index (κ1) is 16.2. The predicted molar refractivity (Wildman–Crippen MR) is 108 cm³/mol. The van der Waals surface area contributed by atoms with Gasteiger partial charge in [-0.2, -0.15) is 0 Å². The Balaban J connectivity index is 1.53. The van der Waals surface area contributed by atoms with E-state index in [1.165, 1.54) is 16.7 Å². The van der Waals surface area contributed by atoms with Crippen molar-refractivity contribution in [2.45, 2.75) is 0 Å². The molecule has 1 saturated heterocycles. The maximum Gasteiger partial charge on any atom is 0.270 e. The van der Waals surface area contributed by atoms with Crippen molar-refractivity contribution in [3.05, 3.63) is 59.3 Å². The molecule has 2 aliphatic heterocycles. The predicted octanol–water partition coefficient (Wildman–Crippen LogP) is 3.76. The molecule has 27 heavy (non-hydrogen) atoms. The van der Waals surface area contributed by atoms with Gasteiger partial charge in [-0.25, -0.2) is 0 Å². The van der Waals surface area contributed by atoms with Crippen molar-refractivity contribution in [3.63, 3.8) is 0 Å². The van der Waals surface area contributed by atoms with E-state index in [-0.39, 0.29) is 12.7 Å². The van der Waals surface area contributed by atoms with Crippen molar-refractivity contribution in [2.75, 3.05) is 11.7 Å². The molecule has 2 aromatic carbocycles. The quantitative estimate of drug-likeness (QED) is 0.485. The molecule has 2 aliphatic rings. The summed E-state index contributed by atoms with van der Waals surface area (Å²) in [4.78, 5) is 23.7. The number of carbonyl (C=O) groups excluding carboxylic acids is 1. The van der Waals surface area contributed by atoms with E-state index in [0.717, 1.165) is 16.6 Å². The van der Waals surface area contributed by atoms with Gasteiger partial charge in [-0.15, -0.1) is 0 Å². The Kier molecular flexibility index (Phi) is 3.80. The third kappa shape index (κ3) is 2.73. The van der Waals surface area contributed by atoms with Crippen LogP contribution in [0.4, 0.5) is 5.69 Å². The molecule has 0 spiro atoms. The highest BCUT2D eigenvalue weighted by Gasteiger charge is 2.34. The SMILES string of the molecule is O=C1C(=Cc2cccc3nccnc23)SC(=S)N1c1ccc2c(c1)OCO2. The third-order valence-electron chi connectivity index (χ3n) is 4.22. The second-order valence-electron chi connectivity index (χ2n) is 5.83. The Hall–Kier alpha value is -2.97. The van der Waals surface area contributed by atoms with Crippen LogP contribution in [0.1, 0.15) is 5.56 Å². The normalized spacial score (nSPS) is 17.3. The monoisotopic (exact) mass is 393 g/mol. The Bertz CT molecular complexity index is 1140. The summed E-state index contributed by atoms with van der Waals surface area (Å²) in [6.07, 6.45) is 5.09. The van der Waals surface area contributed by atoms with Gasteiger partial charge in [0.25, 0.3) is 5.91 Å². The van der Waals surface area contributed by atoms with Crippen LogP contribution in [0.5, 0.6) is 11.5 Å². The molecule has 0 bridgehead atoms. The zero-order valence-electron chi connectivity index (χ0n) is 13.8. The molecule has 3 heterocycles. The van der Waals surface area contributed by atoms with Crippen LogP contribution in [0.3, 0.4) is 0 Å². The first-order valence-corrected chi connectivity index (χ1v) is 9.30. The number of anilines is 1. The lowest BCUT2D eigenvalue weighted by Crippen LogP contribution is -2.27. The van der Waals surface area contributed by atoms with Crippen LogP contribution in [-0.2, 0) is 4.79 Å². The van der Waals surface area contributed by atoms with Gasteiger partial charge in [0.1, 0.15) is 0 Å². The van der Waals surface area contributed by atoms with Crippen LogP contribution >= 0.6 is 24.0 Å². The van der Waals surface area contributed by atoms with Crippen molar-refractivity contribution in [1.29, 1.82) is 0 Å². The van der Waals surface area contributed by atoms with Crippen molar-refractivity contribution in [2.24, 2.45) is 0 Å². The summed E-state index contributed by atoms with van der Waals surface area (Å²) in [6.45, 7) is 0.180. The summed E-state index contributed by atoms with van der Waals surface area (Å²) in [5.74, 6) is 1.09. The Morgan fingerprint density at radius 3 is 2.89 bits per heavy atom. The highest BCUT2D eigenvalue weighted by molar-refractivity contribution is 8.27. The molecule has 6 nitrogen and oxygen atoms in total. The van der Waals surface area contributed by atoms with Gasteiger partial charge < -0.3 is 9.47 Å². The van der Waals surface area contributed by atoms with Crippen LogP contribution in [0, 0.1) is 0 Å². The minimum absolute atomic E-state index is 0.176. The number of amides is 1. The molecule has 8 heteroatoms. The highest BCUT2D eigenvalue weighted by atomic mass is 32.2. The van der Waals surface area contributed by atoms with Crippen molar-refractivity contribution in [3.8, 4) is 11.5 Å². The van der Waals surface area contributed by atoms with E-state index in [2.05, 4.69) is 9.97 Å². The summed E-state index contributed by atoms with van der Waals surface area (Å²) in [7, 11) is 0. The molecule has 0 N–H and O–H groups in total. The van der Waals surface area contributed by atoms with E-state index >= 15 is 0 Å². The smallest absolute Gasteiger partial charge is 0.270 e. The van der Waals surface area contributed by atoms with Crippen LogP contribution in [0.2, 0.25) is 0 Å². The molecule has 0 aliphatic carbocycles. The lowest BCUT2D eigenvalue weighted by molar-refractivity contribution is -0.113. The number of hydrogen-bond donors (Lipinski definition) is 0. The van der Waals surface area contributed by atoms with Gasteiger partial charge in [0.05, 0.1) is 21.6 Å². The lowest BCUT2D eigenvalue weighted by atomic mass is 10.1. The van der Waals surface area contributed by atoms with Crippen LogP contribution in [0.15, 0.2) is 53.7 Å². The lowest BCUT2D eigenvalue weighted by Gasteiger charge is -2.14. The first-order valence-electron chi connectivity index (χ1n) is 8.08. The van der Waals surface area contributed by atoms with E-state index in [1.54, 1.807) is 30.6 Å². The second-order valence-corrected chi connectivity index (χ2v) is 7.50. The Morgan fingerprint density at radius 2 is 1.96 bits per heavy atom. The number of aromatic nitrogens is 2. The summed E-state index contributed by atoms with van der Waals surface area (Å²) in [5.41, 5.74) is 3.00. The number of hydrogen-bond acceptors (Lipinski definition) is 7. The van der Waals surface area contributed by atoms with Gasteiger partial charge in [0.15, 0.2) is 15.8 Å². The molecule has 132 valence electrons. The average Bonchev–Trinajstić information content (AvgIpc) is 3.26. The summed E-state index contributed by atoms with van der Waals surface area (Å²) in [5, 5.41) is 0. The topological polar surface area (TPSA) is 64.6 Å². The van der Waals surface area contributed by atoms with Crippen LogP contribution < -0.4 is 14.4 Å². The fourth-order valence-electron chi connectivity index (χ4n) is 2.99. The van der Waals surface area contributed by atoms with E-state index in [9.17, 15) is 4.79 Å². The van der Waals surface area contributed by atoms with Crippen LogP contribution in [0.25, 0.3) is 17.1 Å². The van der Waals surface area contributed by atoms with Crippen molar-refractivity contribution in [1.82, 2.24) is 9.97 Å². The van der Waals surface area contributed by atoms with Crippen LogP contribution in [-0.4, -0.2) is 27.0 Å². The molecular weight excluding hydrogens is 382 g/mol. The molecule has 3 aromatic rings. The highest BCUT2D eigenvalue weighted by Crippen LogP contribution is 2.41. The number of rotatable bonds is 2. The standard InChI is InChI=1S/C19H11N3O3S2/c23-18-16(8-11-2-1-3-13-17(11)21-7-6-20-13)27-19(26)22(18)12-4-5-14-15(9-12)25-10-24-14/h1-9H,10H2. The minimum Gasteiger partial charge on any atom is -0.454 e. The maximum atomic E-state index is 13.0. The summed E-state index contributed by atoms with van der Waals surface area (Å²) in [6, 6.07) is 11.0. The maximum absolute atomic E-state index is 13.0. The van der Waals surface area contributed by atoms with E-state index in [0.29, 0.717) is 26.4 Å². The molecule has 0 unspecified atom stereocenters. The first-order chi connectivity index (χ1) is 13.2. The number of thiocarbonyl (C=S) groups is 1. The molecule has 1 amide bonds. The zero-order chi connectivity index (χ0) is 18.4. The Morgan fingerprint density at radius 1 is 1.11 bits per heavy atom. The third-order valence-corrected chi connectivity index (χ3v) is 5.53. The molecule has 1 aromatic heterocycles. The van der Waals surface area contributed by atoms with Gasteiger partial charge in [0, 0.05) is 24.0 Å². The number of nitrogens with zero attached hydrogens (tertiary/aromatic N) is 3. The summed E-state index contributed by atoms with van der Waals surface area (Å²) >= 11 is 6.71. The van der Waals surface area contributed by atoms with E-state index in [4.69, 9.17) is 21.7 Å². The van der Waals surface area contributed by atoms with Crippen molar-refractivity contribution < 1.29 is 14.3 Å². The molecule has 1 fully saturated rings. The molecule has 5 rings (SSSR count). The number of benzene rings is 2. The molecule has 0 radical (unpaired) electrons. The van der Waals surface area contributed by atoms with Gasteiger partial charge in [-0.3, -0.25) is 19.7 Å². The van der Waals surface area contributed by atoms with Gasteiger partial charge in [0.2, 0.25) is 6.79 Å². The largest absolute Gasteiger partial charge is 0.454 e. The number of thioether (sulfide) groups is 1. The molecule has 0 saturated carbocycles. The number of para-hydroxylation sites is 1. The van der Waals surface area contributed by atoms with Gasteiger partial charge in [-0.05, 0) is 24.3 Å². The number of fused-ring (bicyclic) bond motifs is 2. The Labute approximate surface area is 163 Å². The zero-order valence-corrected chi connectivity index (χ0v) is 15.4. The molecule has 0 atom stereocenters. The fraction of sp³-hybridized carbons (Fsp3) is 0.0526.